The fraction of sp³-hybridized carbons (Fsp3) is 0.273. The summed E-state index contributed by atoms with van der Waals surface area (Å²) < 4.78 is 1.13. The van der Waals surface area contributed by atoms with E-state index >= 15 is 0 Å². The number of aromatic hydroxyl groups is 1. The van der Waals surface area contributed by atoms with Crippen LogP contribution in [0.2, 0.25) is 0 Å². The van der Waals surface area contributed by atoms with Gasteiger partial charge in [-0.15, -0.1) is 11.3 Å². The predicted octanol–water partition coefficient (Wildman–Crippen LogP) is 12.6. The van der Waals surface area contributed by atoms with Crippen LogP contribution in [-0.2, 0) is 16.2 Å². The van der Waals surface area contributed by atoms with Gasteiger partial charge in [-0.25, -0.2) is 4.98 Å². The number of aliphatic imine (C=N–C) groups is 1. The van der Waals surface area contributed by atoms with Crippen LogP contribution in [0.3, 0.4) is 0 Å². The molecule has 1 heterocycles. The average molecular weight is 651 g/mol. The van der Waals surface area contributed by atoms with Crippen LogP contribution < -0.4 is 0 Å². The number of rotatable bonds is 5. The van der Waals surface area contributed by atoms with Crippen LogP contribution in [0, 0.1) is 0 Å². The summed E-state index contributed by atoms with van der Waals surface area (Å²) in [5.41, 5.74) is 11.5. The van der Waals surface area contributed by atoms with Crippen molar-refractivity contribution in [2.75, 3.05) is 0 Å². The van der Waals surface area contributed by atoms with Crippen molar-refractivity contribution in [3.63, 3.8) is 0 Å². The van der Waals surface area contributed by atoms with Gasteiger partial charge in [0.2, 0.25) is 0 Å². The Labute approximate surface area is 290 Å². The van der Waals surface area contributed by atoms with Crippen LogP contribution in [0.15, 0.2) is 108 Å². The Bertz CT molecular complexity index is 2130. The number of para-hydroxylation sites is 2. The van der Waals surface area contributed by atoms with Crippen LogP contribution in [-0.4, -0.2) is 16.3 Å². The van der Waals surface area contributed by atoms with Crippen LogP contribution in [0.4, 0.5) is 5.69 Å². The Hall–Kier alpha value is -4.54. The molecule has 4 heteroatoms. The fourth-order valence-corrected chi connectivity index (χ4v) is 7.00. The van der Waals surface area contributed by atoms with Gasteiger partial charge in [-0.1, -0.05) is 141 Å². The van der Waals surface area contributed by atoms with Crippen molar-refractivity contribution < 1.29 is 5.11 Å². The molecule has 3 nitrogen and oxygen atoms in total. The molecular formula is C44H46N2OS. The first-order chi connectivity index (χ1) is 22.6. The van der Waals surface area contributed by atoms with Gasteiger partial charge in [-0.2, -0.15) is 0 Å². The lowest BCUT2D eigenvalue weighted by molar-refractivity contribution is 0.444. The molecule has 0 saturated heterocycles. The fourth-order valence-electron chi connectivity index (χ4n) is 5.97. The molecule has 0 saturated carbocycles. The largest absolute Gasteiger partial charge is 0.507 e. The summed E-state index contributed by atoms with van der Waals surface area (Å²) in [5.74, 6) is 0.286. The highest BCUT2D eigenvalue weighted by Gasteiger charge is 2.25. The van der Waals surface area contributed by atoms with Gasteiger partial charge in [0.1, 0.15) is 10.8 Å². The molecule has 0 aliphatic rings. The first-order valence-electron chi connectivity index (χ1n) is 16.7. The third kappa shape index (κ3) is 6.86. The van der Waals surface area contributed by atoms with E-state index in [1.807, 2.05) is 18.2 Å². The van der Waals surface area contributed by atoms with Crippen LogP contribution >= 0.6 is 11.3 Å². The highest BCUT2D eigenvalue weighted by atomic mass is 32.1. The number of thiazole rings is 1. The highest BCUT2D eigenvalue weighted by molar-refractivity contribution is 7.21. The van der Waals surface area contributed by atoms with E-state index in [0.717, 1.165) is 48.7 Å². The summed E-state index contributed by atoms with van der Waals surface area (Å²) in [7, 11) is 0. The maximum absolute atomic E-state index is 11.3. The number of fused-ring (bicyclic) bond motifs is 1. The predicted molar refractivity (Wildman–Crippen MR) is 207 cm³/mol. The van der Waals surface area contributed by atoms with E-state index in [2.05, 4.69) is 147 Å². The minimum absolute atomic E-state index is 0.0649. The van der Waals surface area contributed by atoms with Crippen molar-refractivity contribution in [1.82, 2.24) is 4.98 Å². The zero-order valence-electron chi connectivity index (χ0n) is 29.6. The zero-order valence-corrected chi connectivity index (χ0v) is 30.5. The molecule has 0 unspecified atom stereocenters. The van der Waals surface area contributed by atoms with E-state index in [-0.39, 0.29) is 22.0 Å². The zero-order chi connectivity index (χ0) is 34.4. The number of benzene rings is 5. The Morgan fingerprint density at radius 1 is 0.604 bits per heavy atom. The van der Waals surface area contributed by atoms with Gasteiger partial charge in [-0.05, 0) is 68.3 Å². The standard InChI is InChI=1S/C44H46N2OS/c1-42(2,3)32-15-12-14-30(24-32)28-20-22-29(23-21-28)34-17-13-19-38-39(34)46-41(48-38)35-16-10-11-18-37(35)45-27-31-25-33(43(4,5)6)26-36(40(31)47)44(7,8)9/h10-27,47H,1-9H3. The molecule has 0 aliphatic carbocycles. The van der Waals surface area contributed by atoms with Crippen LogP contribution in [0.1, 0.15) is 84.6 Å². The Kier molecular flexibility index (Phi) is 8.68. The van der Waals surface area contributed by atoms with Gasteiger partial charge < -0.3 is 5.11 Å². The van der Waals surface area contributed by atoms with Gasteiger partial charge >= 0.3 is 0 Å². The monoisotopic (exact) mass is 650 g/mol. The van der Waals surface area contributed by atoms with Crippen LogP contribution in [0.25, 0.3) is 43.0 Å². The van der Waals surface area contributed by atoms with Crippen molar-refractivity contribution in [2.45, 2.75) is 78.6 Å². The molecule has 0 spiro atoms. The van der Waals surface area contributed by atoms with Crippen molar-refractivity contribution in [3.8, 4) is 38.6 Å². The van der Waals surface area contributed by atoms with Gasteiger partial charge in [-0.3, -0.25) is 4.99 Å². The number of hydrogen-bond acceptors (Lipinski definition) is 4. The van der Waals surface area contributed by atoms with E-state index in [0.29, 0.717) is 0 Å². The second kappa shape index (κ2) is 12.5. The van der Waals surface area contributed by atoms with Crippen molar-refractivity contribution >= 4 is 33.5 Å². The maximum Gasteiger partial charge on any atom is 0.128 e. The number of aromatic nitrogens is 1. The minimum atomic E-state index is -0.206. The molecule has 0 radical (unpaired) electrons. The first-order valence-corrected chi connectivity index (χ1v) is 17.5. The molecule has 0 atom stereocenters. The maximum atomic E-state index is 11.3. The summed E-state index contributed by atoms with van der Waals surface area (Å²) in [6.07, 6.45) is 1.80. The summed E-state index contributed by atoms with van der Waals surface area (Å²) in [5, 5.41) is 12.3. The van der Waals surface area contributed by atoms with Gasteiger partial charge in [0, 0.05) is 28.5 Å². The number of hydrogen-bond donors (Lipinski definition) is 1. The molecule has 244 valence electrons. The molecule has 0 amide bonds. The SMILES string of the molecule is CC(C)(C)c1cccc(-c2ccc(-c3cccc4sc(-c5ccccc5N=Cc5cc(C(C)(C)C)cc(C(C)(C)C)c5O)nc34)cc2)c1. The van der Waals surface area contributed by atoms with Crippen LogP contribution in [0.5, 0.6) is 5.75 Å². The number of nitrogens with zero attached hydrogens (tertiary/aromatic N) is 2. The van der Waals surface area contributed by atoms with E-state index in [1.165, 1.54) is 22.3 Å². The Morgan fingerprint density at radius 2 is 1.25 bits per heavy atom. The second-order valence-corrected chi connectivity index (χ2v) is 16.8. The normalized spacial score (nSPS) is 12.7. The lowest BCUT2D eigenvalue weighted by atomic mass is 9.79. The minimum Gasteiger partial charge on any atom is -0.507 e. The number of phenols is 1. The van der Waals surface area contributed by atoms with Gasteiger partial charge in [0.05, 0.1) is 15.9 Å². The van der Waals surface area contributed by atoms with E-state index in [4.69, 9.17) is 9.98 Å². The van der Waals surface area contributed by atoms with Crippen molar-refractivity contribution in [1.29, 1.82) is 0 Å². The first kappa shape index (κ1) is 33.4. The van der Waals surface area contributed by atoms with Crippen molar-refractivity contribution in [2.24, 2.45) is 4.99 Å². The van der Waals surface area contributed by atoms with E-state index in [1.54, 1.807) is 17.6 Å². The molecule has 0 fully saturated rings. The van der Waals surface area contributed by atoms with Gasteiger partial charge in [0.25, 0.3) is 0 Å². The lowest BCUT2D eigenvalue weighted by Gasteiger charge is -2.27. The van der Waals surface area contributed by atoms with Gasteiger partial charge in [0.15, 0.2) is 0 Å². The third-order valence-corrected chi connectivity index (χ3v) is 10.0. The molecule has 48 heavy (non-hydrogen) atoms. The average Bonchev–Trinajstić information content (AvgIpc) is 3.48. The molecule has 6 aromatic rings. The molecule has 1 N–H and O–H groups in total. The van der Waals surface area contributed by atoms with E-state index < -0.39 is 0 Å². The summed E-state index contributed by atoms with van der Waals surface area (Å²) in [6.45, 7) is 19.7. The topological polar surface area (TPSA) is 45.5 Å². The molecule has 0 aliphatic heterocycles. The van der Waals surface area contributed by atoms with E-state index in [9.17, 15) is 5.11 Å². The third-order valence-electron chi connectivity index (χ3n) is 8.97. The lowest BCUT2D eigenvalue weighted by Crippen LogP contribution is -2.17. The second-order valence-electron chi connectivity index (χ2n) is 15.8. The summed E-state index contributed by atoms with van der Waals surface area (Å²) in [6, 6.07) is 36.4. The molecule has 1 aromatic heterocycles. The molecule has 6 rings (SSSR count). The smallest absolute Gasteiger partial charge is 0.128 e. The molecule has 5 aromatic carbocycles. The summed E-state index contributed by atoms with van der Waals surface area (Å²) in [4.78, 5) is 10.2. The molecule has 0 bridgehead atoms. The quantitative estimate of drug-likeness (QED) is 0.189. The number of phenolic OH excluding ortho intramolecular Hbond substituents is 1. The summed E-state index contributed by atoms with van der Waals surface area (Å²) >= 11 is 1.68. The van der Waals surface area contributed by atoms with Crippen molar-refractivity contribution in [3.05, 3.63) is 125 Å². The highest BCUT2D eigenvalue weighted by Crippen LogP contribution is 2.41. The Balaban J connectivity index is 1.36. The Morgan fingerprint density at radius 3 is 1.94 bits per heavy atom. The molecular weight excluding hydrogens is 605 g/mol.